The van der Waals surface area contributed by atoms with Crippen LogP contribution in [-0.4, -0.2) is 67.8 Å². The summed E-state index contributed by atoms with van der Waals surface area (Å²) in [6.07, 6.45) is 11.2. The van der Waals surface area contributed by atoms with Crippen molar-refractivity contribution in [3.8, 4) is 0 Å². The highest BCUT2D eigenvalue weighted by Gasteiger charge is 2.32. The first-order valence-corrected chi connectivity index (χ1v) is 23.3. The third kappa shape index (κ3) is 19.7. The zero-order valence-electron chi connectivity index (χ0n) is 24.4. The Labute approximate surface area is 244 Å². The van der Waals surface area contributed by atoms with E-state index in [4.69, 9.17) is 18.9 Å². The topological polar surface area (TPSA) is 36.9 Å². The van der Waals surface area contributed by atoms with Crippen LogP contribution in [0.3, 0.4) is 0 Å². The number of rotatable bonds is 29. The van der Waals surface area contributed by atoms with Gasteiger partial charge in [0.25, 0.3) is 0 Å². The Balaban J connectivity index is 4.53. The summed E-state index contributed by atoms with van der Waals surface area (Å²) in [6.45, 7) is 16.8. The fraction of sp³-hybridized carbons (Fsp3) is 1.00. The van der Waals surface area contributed by atoms with Gasteiger partial charge in [-0.15, -0.1) is 0 Å². The van der Waals surface area contributed by atoms with E-state index in [-0.39, 0.29) is 10.8 Å². The quantitative estimate of drug-likeness (QED) is 0.0359. The van der Waals surface area contributed by atoms with Crippen LogP contribution in [0.2, 0.25) is 12.1 Å². The van der Waals surface area contributed by atoms with Crippen molar-refractivity contribution in [1.29, 1.82) is 0 Å². The van der Waals surface area contributed by atoms with Crippen LogP contribution in [0.1, 0.15) is 106 Å². The molecule has 36 heavy (non-hydrogen) atoms. The normalized spacial score (nSPS) is 13.2. The molecular formula is C26H58O4S4Si2. The molecule has 0 fully saturated rings. The molecule has 0 aromatic carbocycles. The molecule has 10 heteroatoms. The van der Waals surface area contributed by atoms with E-state index in [0.29, 0.717) is 0 Å². The van der Waals surface area contributed by atoms with Crippen LogP contribution in [0, 0.1) is 0 Å². The molecular weight excluding hydrogens is 561 g/mol. The Bertz CT molecular complexity index is 408. The van der Waals surface area contributed by atoms with E-state index in [1.54, 1.807) is 0 Å². The minimum absolute atomic E-state index is 0.263. The van der Waals surface area contributed by atoms with E-state index in [2.05, 4.69) is 41.5 Å². The van der Waals surface area contributed by atoms with Crippen LogP contribution in [0.15, 0.2) is 0 Å². The lowest BCUT2D eigenvalue weighted by Gasteiger charge is -2.34. The van der Waals surface area contributed by atoms with E-state index in [1.165, 1.54) is 37.8 Å². The Kier molecular flexibility index (Phi) is 28.1. The maximum absolute atomic E-state index is 6.42. The molecule has 4 nitrogen and oxygen atoms in total. The van der Waals surface area contributed by atoms with Gasteiger partial charge in [-0.05, 0) is 45.3 Å². The van der Waals surface area contributed by atoms with Crippen molar-refractivity contribution in [2.24, 2.45) is 0 Å². The molecule has 218 valence electrons. The van der Waals surface area contributed by atoms with Crippen molar-refractivity contribution in [3.63, 3.8) is 0 Å². The zero-order chi connectivity index (χ0) is 26.8. The molecule has 0 aliphatic carbocycles. The van der Waals surface area contributed by atoms with Gasteiger partial charge in [0.2, 0.25) is 0 Å². The molecule has 0 N–H and O–H groups in total. The Morgan fingerprint density at radius 2 is 0.806 bits per heavy atom. The molecule has 0 aromatic heterocycles. The van der Waals surface area contributed by atoms with E-state index in [9.17, 15) is 0 Å². The molecule has 0 aromatic rings. The first-order valence-electron chi connectivity index (χ1n) is 14.7. The zero-order valence-corrected chi connectivity index (χ0v) is 30.5. The molecule has 0 spiro atoms. The van der Waals surface area contributed by atoms with Crippen LogP contribution in [0.5, 0.6) is 0 Å². The maximum atomic E-state index is 6.42. The fourth-order valence-corrected chi connectivity index (χ4v) is 14.0. The van der Waals surface area contributed by atoms with Gasteiger partial charge >= 0.3 is 0 Å². The molecule has 0 unspecified atom stereocenters. The highest BCUT2D eigenvalue weighted by atomic mass is 33.7. The van der Waals surface area contributed by atoms with Gasteiger partial charge < -0.3 is 18.9 Å². The van der Waals surface area contributed by atoms with Gasteiger partial charge in [-0.2, -0.15) is 0 Å². The standard InChI is InChI=1S/C26H58O4S4Si2/c1-7-13-19-27-25(35-11-5,28-20-14-8-2)17-23-31-33-34-32-24-18-26(36-12-6,29-21-15-9-3)30-22-16-10-4/h7-24,35-36H2,1-6H3. The average molecular weight is 619 g/mol. The third-order valence-corrected chi connectivity index (χ3v) is 16.5. The van der Waals surface area contributed by atoms with Crippen LogP contribution in [0.4, 0.5) is 0 Å². The van der Waals surface area contributed by atoms with Crippen molar-refractivity contribution < 1.29 is 18.9 Å². The summed E-state index contributed by atoms with van der Waals surface area (Å²) in [7, 11) is 6.88. The SMILES string of the molecule is CCCCOC(CCSSSSCCC(OCCCC)(OCCCC)[SiH2]CC)(OCCCC)[SiH2]CC. The first kappa shape index (κ1) is 37.7. The van der Waals surface area contributed by atoms with Crippen LogP contribution < -0.4 is 0 Å². The number of unbranched alkanes of at least 4 members (excludes halogenated alkanes) is 4. The molecule has 0 atom stereocenters. The molecule has 0 radical (unpaired) electrons. The largest absolute Gasteiger partial charge is 0.354 e. The van der Waals surface area contributed by atoms with Gasteiger partial charge in [0, 0.05) is 50.8 Å². The summed E-state index contributed by atoms with van der Waals surface area (Å²) in [4.78, 5) is 0. The molecule has 0 saturated heterocycles. The number of hydrogen-bond acceptors (Lipinski definition) is 8. The van der Waals surface area contributed by atoms with Crippen LogP contribution in [-0.2, 0) is 18.9 Å². The number of ether oxygens (including phenoxy) is 4. The van der Waals surface area contributed by atoms with Gasteiger partial charge in [-0.3, -0.25) is 0 Å². The Morgan fingerprint density at radius 3 is 1.06 bits per heavy atom. The smallest absolute Gasteiger partial charge is 0.145 e. The molecule has 0 bridgehead atoms. The minimum Gasteiger partial charge on any atom is -0.354 e. The van der Waals surface area contributed by atoms with Gasteiger partial charge in [-0.1, -0.05) is 101 Å². The van der Waals surface area contributed by atoms with E-state index in [1.807, 2.05) is 41.2 Å². The van der Waals surface area contributed by atoms with Gasteiger partial charge in [0.15, 0.2) is 0 Å². The molecule has 0 aliphatic rings. The third-order valence-electron chi connectivity index (χ3n) is 5.97. The van der Waals surface area contributed by atoms with Crippen molar-refractivity contribution in [2.45, 2.75) is 129 Å². The Hall–Kier alpha value is 1.67. The Morgan fingerprint density at radius 1 is 0.500 bits per heavy atom. The van der Waals surface area contributed by atoms with Crippen molar-refractivity contribution in [2.75, 3.05) is 37.9 Å². The van der Waals surface area contributed by atoms with Crippen LogP contribution >= 0.6 is 41.2 Å². The second kappa shape index (κ2) is 26.9. The molecule has 0 amide bonds. The van der Waals surface area contributed by atoms with E-state index >= 15 is 0 Å². The first-order chi connectivity index (χ1) is 17.6. The summed E-state index contributed by atoms with van der Waals surface area (Å²) in [5, 5.41) is 0. The minimum atomic E-state index is -0.417. The highest BCUT2D eigenvalue weighted by Crippen LogP contribution is 2.44. The van der Waals surface area contributed by atoms with E-state index in [0.717, 1.165) is 76.5 Å². The summed E-state index contributed by atoms with van der Waals surface area (Å²) in [6, 6.07) is 2.45. The lowest BCUT2D eigenvalue weighted by molar-refractivity contribution is -0.183. The summed E-state index contributed by atoms with van der Waals surface area (Å²) in [5.74, 6) is 2.16. The number of hydrogen-bond donors (Lipinski definition) is 0. The fourth-order valence-electron chi connectivity index (χ4n) is 3.78. The summed E-state index contributed by atoms with van der Waals surface area (Å²) < 4.78 is 25.7. The maximum Gasteiger partial charge on any atom is 0.145 e. The second-order valence-corrected chi connectivity index (χ2v) is 20.8. The predicted molar refractivity (Wildman–Crippen MR) is 176 cm³/mol. The van der Waals surface area contributed by atoms with Gasteiger partial charge in [-0.25, -0.2) is 0 Å². The molecule has 0 aliphatic heterocycles. The van der Waals surface area contributed by atoms with Crippen LogP contribution in [0.25, 0.3) is 0 Å². The lowest BCUT2D eigenvalue weighted by atomic mass is 10.3. The van der Waals surface area contributed by atoms with Gasteiger partial charge in [0.05, 0.1) is 19.0 Å². The predicted octanol–water partition coefficient (Wildman–Crippen LogP) is 8.23. The monoisotopic (exact) mass is 618 g/mol. The van der Waals surface area contributed by atoms with Crippen molar-refractivity contribution in [1.82, 2.24) is 0 Å². The van der Waals surface area contributed by atoms with Crippen molar-refractivity contribution >= 4 is 60.3 Å². The second-order valence-electron chi connectivity index (χ2n) is 9.41. The average Bonchev–Trinajstić information content (AvgIpc) is 2.86. The van der Waals surface area contributed by atoms with Gasteiger partial charge in [0.1, 0.15) is 10.8 Å². The summed E-state index contributed by atoms with van der Waals surface area (Å²) >= 11 is 0. The van der Waals surface area contributed by atoms with Crippen molar-refractivity contribution in [3.05, 3.63) is 0 Å². The lowest BCUT2D eigenvalue weighted by Crippen LogP contribution is -2.43. The summed E-state index contributed by atoms with van der Waals surface area (Å²) in [5.41, 5.74) is -0.527. The molecule has 0 saturated carbocycles. The molecule has 0 rings (SSSR count). The highest BCUT2D eigenvalue weighted by molar-refractivity contribution is 9.26. The molecule has 0 heterocycles. The van der Waals surface area contributed by atoms with E-state index < -0.39 is 19.0 Å².